The molecule has 142 valence electrons. The molecule has 0 aliphatic rings. The number of carbonyl (C=O) groups excluding carboxylic acids is 1. The molecule has 1 unspecified atom stereocenters. The van der Waals surface area contributed by atoms with E-state index in [4.69, 9.17) is 5.73 Å². The topological polar surface area (TPSA) is 101 Å². The highest BCUT2D eigenvalue weighted by Crippen LogP contribution is 2.21. The molecule has 0 bridgehead atoms. The Morgan fingerprint density at radius 2 is 1.80 bits per heavy atom. The van der Waals surface area contributed by atoms with Crippen molar-refractivity contribution in [3.8, 4) is 0 Å². The number of nitrogens with one attached hydrogen (secondary N) is 2. The second-order valence-electron chi connectivity index (χ2n) is 6.52. The average molecular weight is 370 g/mol. The molecule has 1 aromatic carbocycles. The lowest BCUT2D eigenvalue weighted by molar-refractivity contribution is -0.121. The van der Waals surface area contributed by atoms with Crippen molar-refractivity contribution in [1.82, 2.24) is 10.0 Å². The number of sulfonamides is 1. The van der Waals surface area contributed by atoms with Crippen LogP contribution in [-0.4, -0.2) is 33.5 Å². The van der Waals surface area contributed by atoms with Crippen LogP contribution in [0.25, 0.3) is 0 Å². The van der Waals surface area contributed by atoms with Crippen molar-refractivity contribution in [1.29, 1.82) is 0 Å². The lowest BCUT2D eigenvalue weighted by Gasteiger charge is -2.17. The number of benzene rings is 1. The summed E-state index contributed by atoms with van der Waals surface area (Å²) in [5.74, 6) is -0.188. The fourth-order valence-electron chi connectivity index (χ4n) is 2.96. The van der Waals surface area contributed by atoms with Gasteiger partial charge in [0.05, 0.1) is 4.90 Å². The van der Waals surface area contributed by atoms with E-state index in [1.165, 1.54) is 0 Å². The van der Waals surface area contributed by atoms with E-state index in [0.29, 0.717) is 22.6 Å². The molecule has 0 fully saturated rings. The van der Waals surface area contributed by atoms with Crippen molar-refractivity contribution in [2.45, 2.75) is 64.3 Å². The normalized spacial score (nSPS) is 12.8. The van der Waals surface area contributed by atoms with Gasteiger partial charge in [-0.25, -0.2) is 13.1 Å². The van der Waals surface area contributed by atoms with Crippen molar-refractivity contribution >= 4 is 15.9 Å². The third kappa shape index (κ3) is 6.76. The summed E-state index contributed by atoms with van der Waals surface area (Å²) in [6.07, 6.45) is 2.97. The molecular formula is C18H31N3O3S. The van der Waals surface area contributed by atoms with E-state index >= 15 is 0 Å². The maximum absolute atomic E-state index is 12.5. The van der Waals surface area contributed by atoms with E-state index in [1.807, 2.05) is 19.1 Å². The van der Waals surface area contributed by atoms with E-state index in [2.05, 4.69) is 17.0 Å². The molecule has 6 nitrogen and oxygen atoms in total. The Morgan fingerprint density at radius 3 is 2.32 bits per heavy atom. The summed E-state index contributed by atoms with van der Waals surface area (Å²) in [5, 5.41) is 2.86. The summed E-state index contributed by atoms with van der Waals surface area (Å²) in [4.78, 5) is 12.3. The SMILES string of the molecule is CCCCC(CN)NC(=O)CCNS(=O)(=O)c1c(C)cc(C)cc1C. The maximum atomic E-state index is 12.5. The van der Waals surface area contributed by atoms with E-state index in [-0.39, 0.29) is 24.9 Å². The minimum absolute atomic E-state index is 0.0503. The van der Waals surface area contributed by atoms with Crippen molar-refractivity contribution < 1.29 is 13.2 Å². The molecular weight excluding hydrogens is 338 g/mol. The predicted molar refractivity (Wildman–Crippen MR) is 101 cm³/mol. The van der Waals surface area contributed by atoms with Crippen LogP contribution in [-0.2, 0) is 14.8 Å². The van der Waals surface area contributed by atoms with Crippen LogP contribution in [0.3, 0.4) is 0 Å². The van der Waals surface area contributed by atoms with Gasteiger partial charge in [-0.15, -0.1) is 0 Å². The van der Waals surface area contributed by atoms with Gasteiger partial charge < -0.3 is 11.1 Å². The second kappa shape index (κ2) is 9.89. The molecule has 25 heavy (non-hydrogen) atoms. The molecule has 1 rings (SSSR count). The summed E-state index contributed by atoms with van der Waals surface area (Å²) in [6, 6.07) is 3.63. The van der Waals surface area contributed by atoms with Crippen molar-refractivity contribution in [2.24, 2.45) is 5.73 Å². The predicted octanol–water partition coefficient (Wildman–Crippen LogP) is 1.91. The molecule has 0 saturated heterocycles. The van der Waals surface area contributed by atoms with Gasteiger partial charge in [0.2, 0.25) is 15.9 Å². The van der Waals surface area contributed by atoms with Crippen LogP contribution in [0, 0.1) is 20.8 Å². The number of unbranched alkanes of at least 4 members (excludes halogenated alkanes) is 1. The first-order valence-electron chi connectivity index (χ1n) is 8.78. The molecule has 1 aromatic rings. The first-order valence-corrected chi connectivity index (χ1v) is 10.3. The zero-order chi connectivity index (χ0) is 19.0. The minimum Gasteiger partial charge on any atom is -0.352 e. The Balaban J connectivity index is 2.61. The molecule has 0 saturated carbocycles. The number of hydrogen-bond acceptors (Lipinski definition) is 4. The summed E-state index contributed by atoms with van der Waals surface area (Å²) in [6.45, 7) is 8.02. The van der Waals surface area contributed by atoms with Crippen LogP contribution < -0.4 is 15.8 Å². The molecule has 0 radical (unpaired) electrons. The number of hydrogen-bond donors (Lipinski definition) is 3. The lowest BCUT2D eigenvalue weighted by atomic mass is 10.1. The summed E-state index contributed by atoms with van der Waals surface area (Å²) in [7, 11) is -3.64. The summed E-state index contributed by atoms with van der Waals surface area (Å²) >= 11 is 0. The molecule has 0 spiro atoms. The zero-order valence-electron chi connectivity index (χ0n) is 15.7. The van der Waals surface area contributed by atoms with Crippen LogP contribution >= 0.6 is 0 Å². The van der Waals surface area contributed by atoms with Crippen molar-refractivity contribution in [2.75, 3.05) is 13.1 Å². The molecule has 0 aromatic heterocycles. The van der Waals surface area contributed by atoms with Gasteiger partial charge in [-0.3, -0.25) is 4.79 Å². The van der Waals surface area contributed by atoms with Gasteiger partial charge in [0.25, 0.3) is 0 Å². The van der Waals surface area contributed by atoms with Gasteiger partial charge in [0.1, 0.15) is 0 Å². The Bertz CT molecular complexity index is 664. The van der Waals surface area contributed by atoms with Crippen LogP contribution in [0.2, 0.25) is 0 Å². The number of nitrogens with two attached hydrogens (primary N) is 1. The van der Waals surface area contributed by atoms with Gasteiger partial charge in [-0.2, -0.15) is 0 Å². The Kier molecular flexibility index (Phi) is 8.55. The Labute approximate surface area is 151 Å². The van der Waals surface area contributed by atoms with E-state index in [1.54, 1.807) is 13.8 Å². The second-order valence-corrected chi connectivity index (χ2v) is 8.22. The fourth-order valence-corrected chi connectivity index (χ4v) is 4.44. The van der Waals surface area contributed by atoms with Gasteiger partial charge in [-0.05, 0) is 38.3 Å². The minimum atomic E-state index is -3.64. The molecule has 1 atom stereocenters. The average Bonchev–Trinajstić information content (AvgIpc) is 2.49. The lowest BCUT2D eigenvalue weighted by Crippen LogP contribution is -2.41. The fraction of sp³-hybridized carbons (Fsp3) is 0.611. The van der Waals surface area contributed by atoms with Crippen molar-refractivity contribution in [3.63, 3.8) is 0 Å². The Hall–Kier alpha value is -1.44. The quantitative estimate of drug-likeness (QED) is 0.586. The van der Waals surface area contributed by atoms with Crippen LogP contribution in [0.15, 0.2) is 17.0 Å². The van der Waals surface area contributed by atoms with Gasteiger partial charge in [0, 0.05) is 25.6 Å². The van der Waals surface area contributed by atoms with Gasteiger partial charge >= 0.3 is 0 Å². The maximum Gasteiger partial charge on any atom is 0.241 e. The smallest absolute Gasteiger partial charge is 0.241 e. The molecule has 1 amide bonds. The molecule has 4 N–H and O–H groups in total. The number of rotatable bonds is 10. The largest absolute Gasteiger partial charge is 0.352 e. The van der Waals surface area contributed by atoms with Gasteiger partial charge in [-0.1, -0.05) is 37.5 Å². The monoisotopic (exact) mass is 369 g/mol. The van der Waals surface area contributed by atoms with Crippen LogP contribution in [0.1, 0.15) is 49.3 Å². The Morgan fingerprint density at radius 1 is 1.20 bits per heavy atom. The van der Waals surface area contributed by atoms with Crippen LogP contribution in [0.5, 0.6) is 0 Å². The summed E-state index contributed by atoms with van der Waals surface area (Å²) in [5.41, 5.74) is 8.09. The number of amides is 1. The zero-order valence-corrected chi connectivity index (χ0v) is 16.5. The van der Waals surface area contributed by atoms with E-state index < -0.39 is 10.0 Å². The highest BCUT2D eigenvalue weighted by molar-refractivity contribution is 7.89. The summed E-state index contributed by atoms with van der Waals surface area (Å²) < 4.78 is 27.6. The standard InChI is InChI=1S/C18H31N3O3S/c1-5-6-7-16(12-19)21-17(22)8-9-20-25(23,24)18-14(3)10-13(2)11-15(18)4/h10-11,16,20H,5-9,12,19H2,1-4H3,(H,21,22). The first kappa shape index (κ1) is 21.6. The van der Waals surface area contributed by atoms with Crippen LogP contribution in [0.4, 0.5) is 0 Å². The molecule has 0 aliphatic carbocycles. The molecule has 0 heterocycles. The molecule has 0 aliphatic heterocycles. The third-order valence-corrected chi connectivity index (χ3v) is 5.84. The van der Waals surface area contributed by atoms with E-state index in [9.17, 15) is 13.2 Å². The van der Waals surface area contributed by atoms with Crippen molar-refractivity contribution in [3.05, 3.63) is 28.8 Å². The number of carbonyl (C=O) groups is 1. The molecule has 7 heteroatoms. The van der Waals surface area contributed by atoms with E-state index in [0.717, 1.165) is 24.8 Å². The first-order chi connectivity index (χ1) is 11.7. The third-order valence-electron chi connectivity index (χ3n) is 4.07. The van der Waals surface area contributed by atoms with Gasteiger partial charge in [0.15, 0.2) is 0 Å². The number of aryl methyl sites for hydroxylation is 3. The highest BCUT2D eigenvalue weighted by atomic mass is 32.2. The highest BCUT2D eigenvalue weighted by Gasteiger charge is 2.20.